The first-order chi connectivity index (χ1) is 6.93. The number of hydrogen-bond donors (Lipinski definition) is 0. The summed E-state index contributed by atoms with van der Waals surface area (Å²) in [5.41, 5.74) is 3.38. The Labute approximate surface area is 86.4 Å². The predicted molar refractivity (Wildman–Crippen MR) is 60.0 cm³/mol. The van der Waals surface area contributed by atoms with Crippen LogP contribution in [0.2, 0.25) is 0 Å². The summed E-state index contributed by atoms with van der Waals surface area (Å²) in [6.45, 7) is 0. The standard InChI is InChI=1S/C14H18/c1-2-6-12-10-14-8-4-3-7-13(14)9-11(12)5-1/h1-2,7,10-12H,3-6,8-9H2. The molecule has 0 nitrogen and oxygen atoms in total. The molecule has 0 aromatic carbocycles. The van der Waals surface area contributed by atoms with Gasteiger partial charge in [0.05, 0.1) is 0 Å². The van der Waals surface area contributed by atoms with E-state index in [-0.39, 0.29) is 0 Å². The van der Waals surface area contributed by atoms with Gasteiger partial charge >= 0.3 is 0 Å². The molecule has 2 atom stereocenters. The maximum absolute atomic E-state index is 2.59. The highest BCUT2D eigenvalue weighted by molar-refractivity contribution is 5.37. The van der Waals surface area contributed by atoms with Gasteiger partial charge in [-0.15, -0.1) is 0 Å². The smallest absolute Gasteiger partial charge is 0.0159 e. The van der Waals surface area contributed by atoms with Gasteiger partial charge in [0.2, 0.25) is 0 Å². The van der Waals surface area contributed by atoms with Gasteiger partial charge in [0, 0.05) is 0 Å². The quantitative estimate of drug-likeness (QED) is 0.501. The fourth-order valence-electron chi connectivity index (χ4n) is 3.14. The molecule has 0 saturated heterocycles. The molecule has 0 amide bonds. The summed E-state index contributed by atoms with van der Waals surface area (Å²) < 4.78 is 0. The Bertz CT molecular complexity index is 317. The van der Waals surface area contributed by atoms with Gasteiger partial charge in [-0.1, -0.05) is 24.3 Å². The van der Waals surface area contributed by atoms with Gasteiger partial charge in [0.1, 0.15) is 0 Å². The van der Waals surface area contributed by atoms with Crippen LogP contribution in [0.3, 0.4) is 0 Å². The van der Waals surface area contributed by atoms with Gasteiger partial charge in [-0.3, -0.25) is 0 Å². The molecule has 0 N–H and O–H groups in total. The highest BCUT2D eigenvalue weighted by Crippen LogP contribution is 2.42. The molecule has 3 aliphatic rings. The van der Waals surface area contributed by atoms with Crippen LogP contribution in [0.5, 0.6) is 0 Å². The van der Waals surface area contributed by atoms with Crippen molar-refractivity contribution in [2.24, 2.45) is 11.8 Å². The molecule has 0 saturated carbocycles. The van der Waals surface area contributed by atoms with Crippen molar-refractivity contribution in [2.75, 3.05) is 0 Å². The van der Waals surface area contributed by atoms with Crippen molar-refractivity contribution >= 4 is 0 Å². The van der Waals surface area contributed by atoms with E-state index in [1.165, 1.54) is 38.5 Å². The molecule has 3 aliphatic carbocycles. The highest BCUT2D eigenvalue weighted by Gasteiger charge is 2.28. The lowest BCUT2D eigenvalue weighted by atomic mass is 9.71. The number of rotatable bonds is 0. The molecular formula is C14H18. The first kappa shape index (κ1) is 8.52. The number of allylic oxidation sites excluding steroid dienone is 6. The van der Waals surface area contributed by atoms with E-state index in [0.717, 1.165) is 11.8 Å². The van der Waals surface area contributed by atoms with Crippen LogP contribution in [-0.4, -0.2) is 0 Å². The summed E-state index contributed by atoms with van der Waals surface area (Å²) in [6.07, 6.45) is 17.8. The van der Waals surface area contributed by atoms with Crippen LogP contribution in [0.25, 0.3) is 0 Å². The molecule has 0 radical (unpaired) electrons. The second kappa shape index (κ2) is 3.42. The molecule has 0 fully saturated rings. The summed E-state index contributed by atoms with van der Waals surface area (Å²) in [5.74, 6) is 1.79. The van der Waals surface area contributed by atoms with E-state index in [0.29, 0.717) is 0 Å². The molecule has 0 spiro atoms. The molecule has 0 heteroatoms. The number of hydrogen-bond acceptors (Lipinski definition) is 0. The van der Waals surface area contributed by atoms with Gasteiger partial charge in [-0.25, -0.2) is 0 Å². The fourth-order valence-corrected chi connectivity index (χ4v) is 3.14. The number of fused-ring (bicyclic) bond motifs is 2. The minimum absolute atomic E-state index is 0.866. The lowest BCUT2D eigenvalue weighted by Crippen LogP contribution is -2.21. The molecule has 3 rings (SSSR count). The van der Waals surface area contributed by atoms with Gasteiger partial charge in [0.25, 0.3) is 0 Å². The van der Waals surface area contributed by atoms with Crippen LogP contribution < -0.4 is 0 Å². The Morgan fingerprint density at radius 2 is 2.00 bits per heavy atom. The van der Waals surface area contributed by atoms with Crippen LogP contribution >= 0.6 is 0 Å². The van der Waals surface area contributed by atoms with E-state index in [1.807, 2.05) is 0 Å². The Kier molecular flexibility index (Phi) is 2.08. The Morgan fingerprint density at radius 1 is 1.07 bits per heavy atom. The van der Waals surface area contributed by atoms with Crippen molar-refractivity contribution in [2.45, 2.75) is 38.5 Å². The Balaban J connectivity index is 1.92. The van der Waals surface area contributed by atoms with Gasteiger partial charge < -0.3 is 0 Å². The molecule has 0 aromatic rings. The van der Waals surface area contributed by atoms with Crippen LogP contribution in [-0.2, 0) is 0 Å². The molecule has 74 valence electrons. The van der Waals surface area contributed by atoms with E-state index in [4.69, 9.17) is 0 Å². The molecule has 0 heterocycles. The van der Waals surface area contributed by atoms with Gasteiger partial charge in [0.15, 0.2) is 0 Å². The summed E-state index contributed by atoms with van der Waals surface area (Å²) in [4.78, 5) is 0. The Morgan fingerprint density at radius 3 is 3.00 bits per heavy atom. The zero-order chi connectivity index (χ0) is 9.38. The van der Waals surface area contributed by atoms with E-state index in [2.05, 4.69) is 24.3 Å². The monoisotopic (exact) mass is 186 g/mol. The second-order valence-electron chi connectivity index (χ2n) is 4.88. The average Bonchev–Trinajstić information content (AvgIpc) is 2.26. The minimum Gasteiger partial charge on any atom is -0.0882 e. The van der Waals surface area contributed by atoms with Crippen LogP contribution in [0, 0.1) is 11.8 Å². The summed E-state index contributed by atoms with van der Waals surface area (Å²) in [7, 11) is 0. The first-order valence-electron chi connectivity index (χ1n) is 5.98. The van der Waals surface area contributed by atoms with E-state index >= 15 is 0 Å². The normalized spacial score (nSPS) is 35.4. The Hall–Kier alpha value is -0.780. The predicted octanol–water partition coefficient (Wildman–Crippen LogP) is 4.01. The third kappa shape index (κ3) is 1.37. The SMILES string of the molecule is C1=CCC2CC3=CCCCC3=CC2C1. The summed E-state index contributed by atoms with van der Waals surface area (Å²) >= 11 is 0. The third-order valence-electron chi connectivity index (χ3n) is 3.97. The van der Waals surface area contributed by atoms with Crippen molar-refractivity contribution in [3.05, 3.63) is 35.5 Å². The largest absolute Gasteiger partial charge is 0.0882 e. The van der Waals surface area contributed by atoms with Crippen molar-refractivity contribution in [1.82, 2.24) is 0 Å². The van der Waals surface area contributed by atoms with E-state index < -0.39 is 0 Å². The van der Waals surface area contributed by atoms with Crippen molar-refractivity contribution < 1.29 is 0 Å². The molecule has 14 heavy (non-hydrogen) atoms. The maximum atomic E-state index is 2.59. The van der Waals surface area contributed by atoms with Crippen LogP contribution in [0.4, 0.5) is 0 Å². The zero-order valence-electron chi connectivity index (χ0n) is 8.71. The summed E-state index contributed by atoms with van der Waals surface area (Å²) in [6, 6.07) is 0. The maximum Gasteiger partial charge on any atom is -0.0159 e. The lowest BCUT2D eigenvalue weighted by molar-refractivity contribution is 0.365. The fraction of sp³-hybridized carbons (Fsp3) is 0.571. The van der Waals surface area contributed by atoms with E-state index in [9.17, 15) is 0 Å². The minimum atomic E-state index is 0.866. The van der Waals surface area contributed by atoms with Crippen molar-refractivity contribution in [3.63, 3.8) is 0 Å². The molecule has 0 bridgehead atoms. The van der Waals surface area contributed by atoms with Gasteiger partial charge in [-0.05, 0) is 61.5 Å². The molecular weight excluding hydrogens is 168 g/mol. The second-order valence-corrected chi connectivity index (χ2v) is 4.88. The van der Waals surface area contributed by atoms with Crippen molar-refractivity contribution in [3.8, 4) is 0 Å². The molecule has 0 aliphatic heterocycles. The third-order valence-corrected chi connectivity index (χ3v) is 3.97. The van der Waals surface area contributed by atoms with Crippen LogP contribution in [0.1, 0.15) is 38.5 Å². The zero-order valence-corrected chi connectivity index (χ0v) is 8.71. The van der Waals surface area contributed by atoms with Crippen LogP contribution in [0.15, 0.2) is 35.5 Å². The highest BCUT2D eigenvalue weighted by atomic mass is 14.3. The lowest BCUT2D eigenvalue weighted by Gasteiger charge is -2.34. The van der Waals surface area contributed by atoms with Gasteiger partial charge in [-0.2, -0.15) is 0 Å². The first-order valence-corrected chi connectivity index (χ1v) is 5.98. The van der Waals surface area contributed by atoms with E-state index in [1.54, 1.807) is 11.1 Å². The average molecular weight is 186 g/mol. The topological polar surface area (TPSA) is 0 Å². The molecule has 0 aromatic heterocycles. The van der Waals surface area contributed by atoms with Crippen molar-refractivity contribution in [1.29, 1.82) is 0 Å². The summed E-state index contributed by atoms with van der Waals surface area (Å²) in [5, 5.41) is 0. The molecule has 2 unspecified atom stereocenters.